The van der Waals surface area contributed by atoms with Crippen LogP contribution in [-0.2, 0) is 10.2 Å². The van der Waals surface area contributed by atoms with E-state index in [1.54, 1.807) is 0 Å². The van der Waals surface area contributed by atoms with E-state index >= 15 is 0 Å². The number of nitrogens with zero attached hydrogens (tertiary/aromatic N) is 2. The van der Waals surface area contributed by atoms with Gasteiger partial charge in [0, 0.05) is 11.1 Å². The highest BCUT2D eigenvalue weighted by Crippen LogP contribution is 2.78. The van der Waals surface area contributed by atoms with Gasteiger partial charge in [-0.3, -0.25) is 0 Å². The molecule has 0 radical (unpaired) electrons. The average Bonchev–Trinajstić information content (AvgIpc) is 3.30. The minimum absolute atomic E-state index is 0.557. The largest absolute Gasteiger partial charge is 0.209 e. The Kier molecular flexibility index (Phi) is 1.97. The van der Waals surface area contributed by atoms with E-state index in [0.29, 0.717) is 0 Å². The third kappa shape index (κ3) is 1.12. The van der Waals surface area contributed by atoms with Crippen molar-refractivity contribution >= 4 is 23.2 Å². The molecule has 2 aromatic carbocycles. The Morgan fingerprint density at radius 1 is 0.611 bits per heavy atom. The fourth-order valence-electron chi connectivity index (χ4n) is 2.54. The molecule has 0 aliphatic carbocycles. The summed E-state index contributed by atoms with van der Waals surface area (Å²) in [4.78, 5) is 0. The smallest absolute Gasteiger partial charge is 0.156 e. The Balaban J connectivity index is 1.65. The van der Waals surface area contributed by atoms with Crippen LogP contribution < -0.4 is 0 Å². The molecule has 0 N–H and O–H groups in total. The topological polar surface area (TPSA) is 6.02 Å². The molecule has 0 atom stereocenters. The van der Waals surface area contributed by atoms with Crippen LogP contribution in [0.15, 0.2) is 60.7 Å². The lowest BCUT2D eigenvalue weighted by atomic mass is 10.1. The Morgan fingerprint density at radius 3 is 1.28 bits per heavy atom. The molecular weight excluding hydrogens is 267 g/mol. The van der Waals surface area contributed by atoms with Crippen LogP contribution in [0.1, 0.15) is 11.1 Å². The van der Waals surface area contributed by atoms with Crippen LogP contribution in [-0.4, -0.2) is 10.0 Å². The van der Waals surface area contributed by atoms with Gasteiger partial charge in [0.15, 0.2) is 0 Å². The van der Waals surface area contributed by atoms with E-state index in [9.17, 15) is 0 Å². The number of fused-ring (bicyclic) bond motifs is 1. The summed E-state index contributed by atoms with van der Waals surface area (Å²) in [6, 6.07) is 20.0. The first-order valence-corrected chi connectivity index (χ1v) is 6.55. The molecule has 18 heavy (non-hydrogen) atoms. The van der Waals surface area contributed by atoms with E-state index in [-0.39, 0.29) is 0 Å². The summed E-state index contributed by atoms with van der Waals surface area (Å²) in [6.07, 6.45) is 0. The number of alkyl halides is 2. The molecule has 0 amide bonds. The first-order valence-electron chi connectivity index (χ1n) is 5.79. The van der Waals surface area contributed by atoms with E-state index < -0.39 is 10.2 Å². The zero-order chi connectivity index (χ0) is 12.4. The van der Waals surface area contributed by atoms with Crippen LogP contribution in [0.3, 0.4) is 0 Å². The van der Waals surface area contributed by atoms with Crippen LogP contribution in [0.2, 0.25) is 0 Å². The maximum absolute atomic E-state index is 6.57. The quantitative estimate of drug-likeness (QED) is 0.469. The van der Waals surface area contributed by atoms with Gasteiger partial charge >= 0.3 is 0 Å². The molecule has 0 spiro atoms. The molecule has 0 unspecified atom stereocenters. The third-order valence-corrected chi connectivity index (χ3v) is 4.60. The molecule has 4 heteroatoms. The lowest BCUT2D eigenvalue weighted by Crippen LogP contribution is -2.31. The molecule has 2 fully saturated rings. The van der Waals surface area contributed by atoms with Gasteiger partial charge in [-0.05, 0) is 0 Å². The Hall–Kier alpha value is -1.06. The Morgan fingerprint density at radius 2 is 0.944 bits per heavy atom. The molecule has 0 saturated carbocycles. The average molecular weight is 277 g/mol. The Labute approximate surface area is 115 Å². The maximum atomic E-state index is 6.57. The van der Waals surface area contributed by atoms with E-state index in [1.165, 1.54) is 0 Å². The second kappa shape index (κ2) is 3.28. The molecule has 4 rings (SSSR count). The van der Waals surface area contributed by atoms with Crippen molar-refractivity contribution in [1.29, 1.82) is 0 Å². The van der Waals surface area contributed by atoms with E-state index in [2.05, 4.69) is 0 Å². The monoisotopic (exact) mass is 276 g/mol. The molecule has 0 aromatic heterocycles. The molecule has 0 bridgehead atoms. The molecular formula is C14H10Cl2N2. The predicted octanol–water partition coefficient (Wildman–Crippen LogP) is 3.63. The van der Waals surface area contributed by atoms with Gasteiger partial charge in [0.25, 0.3) is 0 Å². The summed E-state index contributed by atoms with van der Waals surface area (Å²) in [6.45, 7) is 0. The summed E-state index contributed by atoms with van der Waals surface area (Å²) in [5, 5.41) is 2.85. The van der Waals surface area contributed by atoms with Crippen molar-refractivity contribution in [2.75, 3.05) is 0 Å². The molecule has 2 aliphatic rings. The van der Waals surface area contributed by atoms with Crippen molar-refractivity contribution in [2.24, 2.45) is 0 Å². The van der Waals surface area contributed by atoms with Crippen molar-refractivity contribution < 1.29 is 0 Å². The summed E-state index contributed by atoms with van der Waals surface area (Å²) < 4.78 is 0. The minimum atomic E-state index is -0.557. The molecule has 2 heterocycles. The number of halogens is 2. The van der Waals surface area contributed by atoms with Gasteiger partial charge in [0.05, 0.1) is 0 Å². The highest BCUT2D eigenvalue weighted by molar-refractivity contribution is 6.32. The van der Waals surface area contributed by atoms with Crippen molar-refractivity contribution in [1.82, 2.24) is 10.0 Å². The lowest BCUT2D eigenvalue weighted by molar-refractivity contribution is 0.385. The van der Waals surface area contributed by atoms with Crippen LogP contribution in [0.4, 0.5) is 0 Å². The summed E-state index contributed by atoms with van der Waals surface area (Å²) in [5.74, 6) is 0. The van der Waals surface area contributed by atoms with Crippen LogP contribution in [0, 0.1) is 0 Å². The van der Waals surface area contributed by atoms with E-state index in [0.717, 1.165) is 11.1 Å². The van der Waals surface area contributed by atoms with Crippen LogP contribution in [0.5, 0.6) is 0 Å². The van der Waals surface area contributed by atoms with Gasteiger partial charge in [-0.15, -0.1) is 0 Å². The summed E-state index contributed by atoms with van der Waals surface area (Å²) in [7, 11) is 0. The number of hydrogen-bond acceptors (Lipinski definition) is 2. The van der Waals surface area contributed by atoms with Crippen LogP contribution >= 0.6 is 23.2 Å². The molecule has 2 aliphatic heterocycles. The first-order chi connectivity index (χ1) is 8.70. The Bertz CT molecular complexity index is 536. The molecule has 90 valence electrons. The SMILES string of the molecule is ClC1(c2ccccc2)N2N1C2(Cl)c1ccccc1. The second-order valence-corrected chi connectivity index (χ2v) is 5.58. The number of hydrazine groups is 1. The zero-order valence-electron chi connectivity index (χ0n) is 9.42. The first kappa shape index (κ1) is 10.8. The van der Waals surface area contributed by atoms with Gasteiger partial charge in [-0.25, -0.2) is 0 Å². The van der Waals surface area contributed by atoms with Gasteiger partial charge in [0.2, 0.25) is 10.2 Å². The van der Waals surface area contributed by atoms with Crippen molar-refractivity contribution in [3.63, 3.8) is 0 Å². The third-order valence-electron chi connectivity index (χ3n) is 3.53. The van der Waals surface area contributed by atoms with E-state index in [1.807, 2.05) is 70.7 Å². The highest BCUT2D eigenvalue weighted by Gasteiger charge is 2.91. The van der Waals surface area contributed by atoms with Gasteiger partial charge < -0.3 is 0 Å². The highest BCUT2D eigenvalue weighted by atomic mass is 35.5. The molecule has 2 saturated heterocycles. The van der Waals surface area contributed by atoms with Gasteiger partial charge in [-0.2, -0.15) is 10.0 Å². The molecule has 2 aromatic rings. The summed E-state index contributed by atoms with van der Waals surface area (Å²) in [5.41, 5.74) is 2.11. The number of hydrogen-bond donors (Lipinski definition) is 0. The lowest BCUT2D eigenvalue weighted by Gasteiger charge is -2.23. The van der Waals surface area contributed by atoms with Crippen molar-refractivity contribution in [3.05, 3.63) is 71.8 Å². The maximum Gasteiger partial charge on any atom is 0.209 e. The fourth-order valence-corrected chi connectivity index (χ4v) is 3.59. The summed E-state index contributed by atoms with van der Waals surface area (Å²) >= 11 is 13.1. The standard InChI is InChI=1S/C14H10Cl2N2/c15-13(11-7-3-1-4-8-11)17-14(16,18(13)17)12-9-5-2-6-10-12/h1-10H. The van der Waals surface area contributed by atoms with Gasteiger partial charge in [-0.1, -0.05) is 83.9 Å². The minimum Gasteiger partial charge on any atom is -0.156 e. The second-order valence-electron chi connectivity index (χ2n) is 4.53. The van der Waals surface area contributed by atoms with Crippen LogP contribution in [0.25, 0.3) is 0 Å². The van der Waals surface area contributed by atoms with E-state index in [4.69, 9.17) is 23.2 Å². The van der Waals surface area contributed by atoms with Crippen molar-refractivity contribution in [3.8, 4) is 0 Å². The predicted molar refractivity (Wildman–Crippen MR) is 71.6 cm³/mol. The zero-order valence-corrected chi connectivity index (χ0v) is 10.9. The number of benzene rings is 2. The normalized spacial score (nSPS) is 40.1. The number of rotatable bonds is 2. The van der Waals surface area contributed by atoms with Crippen molar-refractivity contribution in [2.45, 2.75) is 10.2 Å². The van der Waals surface area contributed by atoms with Gasteiger partial charge in [0.1, 0.15) is 0 Å². The fraction of sp³-hybridized carbons (Fsp3) is 0.143. The molecule has 2 nitrogen and oxygen atoms in total.